The van der Waals surface area contributed by atoms with Gasteiger partial charge in [-0.15, -0.1) is 11.3 Å². The summed E-state index contributed by atoms with van der Waals surface area (Å²) in [6.45, 7) is 0.992. The van der Waals surface area contributed by atoms with Crippen LogP contribution in [0.3, 0.4) is 0 Å². The van der Waals surface area contributed by atoms with Crippen molar-refractivity contribution in [1.29, 1.82) is 0 Å². The Balaban J connectivity index is 2.51. The Hall–Kier alpha value is -1.58. The molecule has 10 heteroatoms. The van der Waals surface area contributed by atoms with Crippen molar-refractivity contribution in [1.82, 2.24) is 9.78 Å². The lowest BCUT2D eigenvalue weighted by Gasteiger charge is -2.19. The number of nitrogens with zero attached hydrogens (tertiary/aromatic N) is 3. The topological polar surface area (TPSA) is 92.5 Å². The average molecular weight is 350 g/mol. The van der Waals surface area contributed by atoms with E-state index in [0.717, 1.165) is 15.6 Å². The van der Waals surface area contributed by atoms with Crippen LogP contribution in [0.15, 0.2) is 22.7 Å². The van der Waals surface area contributed by atoms with E-state index >= 15 is 0 Å². The molecule has 0 saturated heterocycles. The average Bonchev–Trinajstić information content (AvgIpc) is 2.94. The highest BCUT2D eigenvalue weighted by atomic mass is 35.5. The summed E-state index contributed by atoms with van der Waals surface area (Å²) in [6, 6.07) is 1.42. The van der Waals surface area contributed by atoms with Gasteiger partial charge in [0, 0.05) is 13.2 Å². The van der Waals surface area contributed by atoms with Crippen LogP contribution in [0.4, 0.5) is 5.69 Å². The summed E-state index contributed by atoms with van der Waals surface area (Å²) >= 11 is 6.79. The molecule has 0 aromatic carbocycles. The third-order valence-corrected chi connectivity index (χ3v) is 6.42. The fraction of sp³-hybridized carbons (Fsp3) is 0.273. The van der Waals surface area contributed by atoms with Crippen molar-refractivity contribution in [2.45, 2.75) is 11.1 Å². The molecule has 0 radical (unpaired) electrons. The van der Waals surface area contributed by atoms with Gasteiger partial charge in [0.1, 0.15) is 10.8 Å². The normalized spacial score (nSPS) is 11.6. The van der Waals surface area contributed by atoms with Gasteiger partial charge < -0.3 is 5.11 Å². The van der Waals surface area contributed by atoms with Gasteiger partial charge in [-0.2, -0.15) is 5.10 Å². The number of sulfonamides is 1. The maximum atomic E-state index is 12.6. The van der Waals surface area contributed by atoms with Crippen molar-refractivity contribution >= 4 is 44.6 Å². The molecule has 2 aromatic rings. The number of aromatic nitrogens is 2. The van der Waals surface area contributed by atoms with Gasteiger partial charge in [-0.05, 0) is 18.6 Å². The van der Waals surface area contributed by atoms with E-state index in [9.17, 15) is 13.2 Å². The van der Waals surface area contributed by atoms with Crippen molar-refractivity contribution in [2.24, 2.45) is 7.05 Å². The summed E-state index contributed by atoms with van der Waals surface area (Å²) in [4.78, 5) is 11.0. The fourth-order valence-corrected chi connectivity index (χ4v) is 4.85. The Kier molecular flexibility index (Phi) is 4.26. The van der Waals surface area contributed by atoms with Crippen LogP contribution < -0.4 is 4.31 Å². The van der Waals surface area contributed by atoms with Crippen molar-refractivity contribution in [3.05, 3.63) is 28.4 Å². The standard InChI is InChI=1S/C11H12ClN3O4S2/c1-7-3-10(20-11(7)12)21(18,19)15(6-9(16)17)8-4-13-14(2)5-8/h3-5H,6H2,1-2H3,(H,16,17). The first-order valence-corrected chi connectivity index (χ1v) is 8.34. The molecule has 21 heavy (non-hydrogen) atoms. The van der Waals surface area contributed by atoms with E-state index < -0.39 is 22.5 Å². The van der Waals surface area contributed by atoms with Gasteiger partial charge in [0.2, 0.25) is 0 Å². The molecule has 0 spiro atoms. The van der Waals surface area contributed by atoms with Crippen molar-refractivity contribution in [2.75, 3.05) is 10.8 Å². The van der Waals surface area contributed by atoms with Crippen LogP contribution in [0.25, 0.3) is 0 Å². The smallest absolute Gasteiger partial charge is 0.324 e. The number of hydrogen-bond acceptors (Lipinski definition) is 5. The van der Waals surface area contributed by atoms with E-state index in [2.05, 4.69) is 5.10 Å². The fourth-order valence-electron chi connectivity index (χ4n) is 1.64. The van der Waals surface area contributed by atoms with Crippen LogP contribution in [0.2, 0.25) is 4.34 Å². The summed E-state index contributed by atoms with van der Waals surface area (Å²) in [6.07, 6.45) is 2.73. The molecular formula is C11H12ClN3O4S2. The van der Waals surface area contributed by atoms with Gasteiger partial charge in [-0.3, -0.25) is 13.8 Å². The summed E-state index contributed by atoms with van der Waals surface area (Å²) in [5, 5.41) is 12.8. The Labute approximate surface area is 130 Å². The molecule has 2 aromatic heterocycles. The first-order valence-electron chi connectivity index (χ1n) is 5.71. The molecule has 0 saturated carbocycles. The van der Waals surface area contributed by atoms with Crippen molar-refractivity contribution in [3.63, 3.8) is 0 Å². The van der Waals surface area contributed by atoms with Crippen LogP contribution in [0, 0.1) is 6.92 Å². The van der Waals surface area contributed by atoms with E-state index in [1.54, 1.807) is 14.0 Å². The van der Waals surface area contributed by atoms with Crippen LogP contribution in [-0.4, -0.2) is 35.8 Å². The molecule has 114 valence electrons. The number of aliphatic carboxylic acids is 1. The van der Waals surface area contributed by atoms with Crippen LogP contribution >= 0.6 is 22.9 Å². The van der Waals surface area contributed by atoms with Gasteiger partial charge in [-0.1, -0.05) is 11.6 Å². The van der Waals surface area contributed by atoms with Crippen LogP contribution in [0.5, 0.6) is 0 Å². The second-order valence-corrected chi connectivity index (χ2v) is 8.04. The highest BCUT2D eigenvalue weighted by Gasteiger charge is 2.30. The third kappa shape index (κ3) is 3.20. The predicted octanol–water partition coefficient (Wildman–Crippen LogP) is 1.72. The molecule has 0 fully saturated rings. The van der Waals surface area contributed by atoms with Gasteiger partial charge in [0.25, 0.3) is 10.0 Å². The molecule has 2 heterocycles. The monoisotopic (exact) mass is 349 g/mol. The number of hydrogen-bond donors (Lipinski definition) is 1. The number of thiophene rings is 1. The molecule has 1 N–H and O–H groups in total. The van der Waals surface area contributed by atoms with E-state index in [-0.39, 0.29) is 9.90 Å². The Morgan fingerprint density at radius 2 is 2.24 bits per heavy atom. The predicted molar refractivity (Wildman–Crippen MR) is 79.4 cm³/mol. The molecular weight excluding hydrogens is 338 g/mol. The zero-order valence-electron chi connectivity index (χ0n) is 11.1. The summed E-state index contributed by atoms with van der Waals surface area (Å²) < 4.78 is 27.8. The molecule has 0 atom stereocenters. The van der Waals surface area contributed by atoms with Gasteiger partial charge in [-0.25, -0.2) is 8.42 Å². The molecule has 0 unspecified atom stereocenters. The van der Waals surface area contributed by atoms with E-state index in [0.29, 0.717) is 9.90 Å². The molecule has 0 amide bonds. The minimum Gasteiger partial charge on any atom is -0.480 e. The van der Waals surface area contributed by atoms with Gasteiger partial charge >= 0.3 is 5.97 Å². The summed E-state index contributed by atoms with van der Waals surface area (Å²) in [5.41, 5.74) is 0.809. The quantitative estimate of drug-likeness (QED) is 0.887. The SMILES string of the molecule is Cc1cc(S(=O)(=O)N(CC(=O)O)c2cnn(C)c2)sc1Cl. The Morgan fingerprint density at radius 1 is 1.57 bits per heavy atom. The minimum absolute atomic E-state index is 0.00453. The lowest BCUT2D eigenvalue weighted by Crippen LogP contribution is -2.35. The first-order chi connectivity index (χ1) is 9.71. The number of aryl methyl sites for hydroxylation is 2. The second kappa shape index (κ2) is 5.66. The van der Waals surface area contributed by atoms with Crippen LogP contribution in [0.1, 0.15) is 5.56 Å². The third-order valence-electron chi connectivity index (χ3n) is 2.64. The number of carbonyl (C=O) groups is 1. The number of anilines is 1. The van der Waals surface area contributed by atoms with Gasteiger partial charge in [0.15, 0.2) is 0 Å². The second-order valence-electron chi connectivity index (χ2n) is 4.30. The Morgan fingerprint density at radius 3 is 2.67 bits per heavy atom. The van der Waals surface area contributed by atoms with E-state index in [4.69, 9.17) is 16.7 Å². The first kappa shape index (κ1) is 15.8. The summed E-state index contributed by atoms with van der Waals surface area (Å²) in [7, 11) is -2.39. The zero-order valence-corrected chi connectivity index (χ0v) is 13.5. The minimum atomic E-state index is -4.00. The molecule has 0 aliphatic carbocycles. The number of carboxylic acids is 1. The van der Waals surface area contributed by atoms with Crippen LogP contribution in [-0.2, 0) is 21.9 Å². The number of rotatable bonds is 5. The maximum absolute atomic E-state index is 12.6. The Bertz CT molecular complexity index is 762. The number of halogens is 1. The maximum Gasteiger partial charge on any atom is 0.324 e. The molecule has 0 bridgehead atoms. The summed E-state index contributed by atoms with van der Waals surface area (Å²) in [5.74, 6) is -1.26. The highest BCUT2D eigenvalue weighted by Crippen LogP contribution is 2.33. The number of carboxylic acid groups (broad SMARTS) is 1. The van der Waals surface area contributed by atoms with Gasteiger partial charge in [0.05, 0.1) is 16.2 Å². The van der Waals surface area contributed by atoms with E-state index in [1.807, 2.05) is 0 Å². The lowest BCUT2D eigenvalue weighted by molar-refractivity contribution is -0.135. The van der Waals surface area contributed by atoms with Crippen molar-refractivity contribution < 1.29 is 18.3 Å². The largest absolute Gasteiger partial charge is 0.480 e. The highest BCUT2D eigenvalue weighted by molar-refractivity contribution is 7.94. The van der Waals surface area contributed by atoms with E-state index in [1.165, 1.54) is 23.1 Å². The zero-order chi connectivity index (χ0) is 15.8. The molecule has 0 aliphatic rings. The van der Waals surface area contributed by atoms with Crippen molar-refractivity contribution in [3.8, 4) is 0 Å². The molecule has 0 aliphatic heterocycles. The lowest BCUT2D eigenvalue weighted by atomic mass is 10.4. The molecule has 2 rings (SSSR count). The molecule has 7 nitrogen and oxygen atoms in total.